The third kappa shape index (κ3) is 35.0. The zero-order chi connectivity index (χ0) is 34.5. The van der Waals surface area contributed by atoms with E-state index in [2.05, 4.69) is 19.9 Å². The van der Waals surface area contributed by atoms with Gasteiger partial charge in [0.15, 0.2) is 6.10 Å². The van der Waals surface area contributed by atoms with Gasteiger partial charge in [-0.1, -0.05) is 165 Å². The van der Waals surface area contributed by atoms with Crippen molar-refractivity contribution >= 4 is 11.9 Å². The van der Waals surface area contributed by atoms with Crippen LogP contribution in [-0.4, -0.2) is 47.6 Å². The van der Waals surface area contributed by atoms with E-state index in [9.17, 15) is 19.8 Å². The second-order valence-electron chi connectivity index (χ2n) is 12.9. The van der Waals surface area contributed by atoms with Crippen LogP contribution < -0.4 is 0 Å². The number of carbonyl (C=O) groups is 2. The molecule has 0 aliphatic carbocycles. The standard InChI is InChI=1S/C41H72O6/c1-3-5-7-9-11-12-13-14-15-16-17-18-22-27-31-35-41(45)47-39(36-42)37-46-40(44)34-30-26-23-19-21-25-29-33-38(43)32-28-24-20-10-8-6-4-2/h19-20,23-25,28-29,32,38-39,42-43H,3-18,21-22,26-27,30-31,33-37H2,1-2H3/b23-19+,24-20-,29-25-,32-28-/t38-,39+/m1/s1. The monoisotopic (exact) mass is 661 g/mol. The molecule has 0 aliphatic heterocycles. The number of rotatable bonds is 34. The summed E-state index contributed by atoms with van der Waals surface area (Å²) in [5.74, 6) is -0.696. The molecular weight excluding hydrogens is 588 g/mol. The van der Waals surface area contributed by atoms with Crippen molar-refractivity contribution in [3.63, 3.8) is 0 Å². The van der Waals surface area contributed by atoms with Gasteiger partial charge < -0.3 is 19.7 Å². The van der Waals surface area contributed by atoms with Crippen LogP contribution in [0.4, 0.5) is 0 Å². The SMILES string of the molecule is CCCCC/C=C\C=C/[C@@H](O)C/C=C\C/C=C/CCCC(=O)OC[C@H](CO)OC(=O)CCCCCCCCCCCCCCCCC. The Balaban J connectivity index is 3.72. The molecule has 0 unspecified atom stereocenters. The van der Waals surface area contributed by atoms with Crippen LogP contribution in [0.1, 0.15) is 174 Å². The Morgan fingerprint density at radius 1 is 0.596 bits per heavy atom. The van der Waals surface area contributed by atoms with Gasteiger partial charge in [0.05, 0.1) is 12.7 Å². The van der Waals surface area contributed by atoms with Crippen molar-refractivity contribution in [2.24, 2.45) is 0 Å². The van der Waals surface area contributed by atoms with Crippen LogP contribution in [0.2, 0.25) is 0 Å². The van der Waals surface area contributed by atoms with E-state index in [-0.39, 0.29) is 31.6 Å². The van der Waals surface area contributed by atoms with Gasteiger partial charge in [-0.15, -0.1) is 0 Å². The topological polar surface area (TPSA) is 93.1 Å². The lowest BCUT2D eigenvalue weighted by Gasteiger charge is -2.15. The smallest absolute Gasteiger partial charge is 0.306 e. The van der Waals surface area contributed by atoms with Gasteiger partial charge in [-0.2, -0.15) is 0 Å². The molecule has 0 saturated heterocycles. The van der Waals surface area contributed by atoms with E-state index in [1.165, 1.54) is 96.3 Å². The molecule has 0 aromatic carbocycles. The quantitative estimate of drug-likeness (QED) is 0.0309. The second kappa shape index (κ2) is 36.7. The molecule has 0 aromatic rings. The predicted molar refractivity (Wildman–Crippen MR) is 197 cm³/mol. The molecule has 2 N–H and O–H groups in total. The number of unbranched alkanes of at least 4 members (excludes halogenated alkanes) is 18. The van der Waals surface area contributed by atoms with Crippen molar-refractivity contribution in [1.82, 2.24) is 0 Å². The number of allylic oxidation sites excluding steroid dienone is 6. The highest BCUT2D eigenvalue weighted by molar-refractivity contribution is 5.70. The molecule has 2 atom stereocenters. The van der Waals surface area contributed by atoms with E-state index in [4.69, 9.17) is 9.47 Å². The Morgan fingerprint density at radius 2 is 1.13 bits per heavy atom. The first-order chi connectivity index (χ1) is 23.0. The number of esters is 2. The summed E-state index contributed by atoms with van der Waals surface area (Å²) in [7, 11) is 0. The molecule has 0 aliphatic rings. The van der Waals surface area contributed by atoms with Crippen molar-refractivity contribution in [2.75, 3.05) is 13.2 Å². The molecule has 0 radical (unpaired) electrons. The van der Waals surface area contributed by atoms with Gasteiger partial charge in [-0.25, -0.2) is 0 Å². The van der Waals surface area contributed by atoms with Crippen LogP contribution in [0.25, 0.3) is 0 Å². The molecule has 0 fully saturated rings. The summed E-state index contributed by atoms with van der Waals surface area (Å²) in [6.45, 7) is 3.98. The number of aliphatic hydroxyl groups is 2. The highest BCUT2D eigenvalue weighted by Crippen LogP contribution is 2.14. The summed E-state index contributed by atoms with van der Waals surface area (Å²) in [6.07, 6.45) is 41.9. The summed E-state index contributed by atoms with van der Waals surface area (Å²) in [4.78, 5) is 24.2. The van der Waals surface area contributed by atoms with E-state index < -0.39 is 12.2 Å². The number of carbonyl (C=O) groups excluding carboxylic acids is 2. The van der Waals surface area contributed by atoms with Gasteiger partial charge in [0, 0.05) is 12.8 Å². The van der Waals surface area contributed by atoms with E-state index >= 15 is 0 Å². The minimum atomic E-state index is -0.810. The maximum absolute atomic E-state index is 12.1. The summed E-state index contributed by atoms with van der Waals surface area (Å²) in [5, 5.41) is 19.5. The molecule has 0 aromatic heterocycles. The number of hydrogen-bond donors (Lipinski definition) is 2. The van der Waals surface area contributed by atoms with Crippen LogP contribution in [0.5, 0.6) is 0 Å². The van der Waals surface area contributed by atoms with Crippen LogP contribution in [-0.2, 0) is 19.1 Å². The largest absolute Gasteiger partial charge is 0.462 e. The minimum Gasteiger partial charge on any atom is -0.462 e. The molecule has 6 heteroatoms. The predicted octanol–water partition coefficient (Wildman–Crippen LogP) is 10.8. The maximum atomic E-state index is 12.1. The molecular formula is C41H72O6. The fourth-order valence-electron chi connectivity index (χ4n) is 5.21. The van der Waals surface area contributed by atoms with E-state index in [0.717, 1.165) is 38.5 Å². The average molecular weight is 661 g/mol. The van der Waals surface area contributed by atoms with Crippen molar-refractivity contribution in [3.05, 3.63) is 48.6 Å². The van der Waals surface area contributed by atoms with Crippen molar-refractivity contribution < 1.29 is 29.3 Å². The first kappa shape index (κ1) is 44.8. The third-order valence-electron chi connectivity index (χ3n) is 8.21. The fourth-order valence-corrected chi connectivity index (χ4v) is 5.21. The third-order valence-corrected chi connectivity index (χ3v) is 8.21. The molecule has 0 saturated carbocycles. The fraction of sp³-hybridized carbons (Fsp3) is 0.756. The normalized spacial score (nSPS) is 13.4. The summed E-state index contributed by atoms with van der Waals surface area (Å²) >= 11 is 0. The van der Waals surface area contributed by atoms with Gasteiger partial charge in [-0.05, 0) is 44.9 Å². The van der Waals surface area contributed by atoms with Crippen LogP contribution in [0.15, 0.2) is 48.6 Å². The lowest BCUT2D eigenvalue weighted by Crippen LogP contribution is -2.28. The van der Waals surface area contributed by atoms with E-state index in [1.54, 1.807) is 0 Å². The van der Waals surface area contributed by atoms with Crippen molar-refractivity contribution in [1.29, 1.82) is 0 Å². The molecule has 0 rings (SSSR count). The van der Waals surface area contributed by atoms with Gasteiger partial charge in [0.2, 0.25) is 0 Å². The molecule has 0 heterocycles. The lowest BCUT2D eigenvalue weighted by atomic mass is 10.0. The lowest BCUT2D eigenvalue weighted by molar-refractivity contribution is -0.161. The maximum Gasteiger partial charge on any atom is 0.306 e. The van der Waals surface area contributed by atoms with Crippen LogP contribution in [0, 0.1) is 0 Å². The van der Waals surface area contributed by atoms with Gasteiger partial charge in [0.1, 0.15) is 6.61 Å². The van der Waals surface area contributed by atoms with Crippen molar-refractivity contribution in [2.45, 2.75) is 187 Å². The molecule has 6 nitrogen and oxygen atoms in total. The van der Waals surface area contributed by atoms with Gasteiger partial charge >= 0.3 is 11.9 Å². The van der Waals surface area contributed by atoms with Crippen LogP contribution in [0.3, 0.4) is 0 Å². The summed E-state index contributed by atoms with van der Waals surface area (Å²) in [5.41, 5.74) is 0. The van der Waals surface area contributed by atoms with Crippen LogP contribution >= 0.6 is 0 Å². The van der Waals surface area contributed by atoms with E-state index in [1.807, 2.05) is 42.5 Å². The molecule has 47 heavy (non-hydrogen) atoms. The summed E-state index contributed by atoms with van der Waals surface area (Å²) in [6, 6.07) is 0. The minimum absolute atomic E-state index is 0.114. The second-order valence-corrected chi connectivity index (χ2v) is 12.9. The molecule has 272 valence electrons. The Bertz CT molecular complexity index is 815. The first-order valence-electron chi connectivity index (χ1n) is 19.3. The zero-order valence-corrected chi connectivity index (χ0v) is 30.4. The highest BCUT2D eigenvalue weighted by Gasteiger charge is 2.16. The van der Waals surface area contributed by atoms with E-state index in [0.29, 0.717) is 19.3 Å². The Kier molecular flexibility index (Phi) is 35.0. The zero-order valence-electron chi connectivity index (χ0n) is 30.4. The molecule has 0 amide bonds. The molecule has 0 bridgehead atoms. The number of ether oxygens (including phenoxy) is 2. The first-order valence-corrected chi connectivity index (χ1v) is 19.3. The number of aliphatic hydroxyl groups excluding tert-OH is 2. The highest BCUT2D eigenvalue weighted by atomic mass is 16.6. The Labute approximate surface area is 289 Å². The average Bonchev–Trinajstić information content (AvgIpc) is 3.07. The number of hydrogen-bond acceptors (Lipinski definition) is 6. The molecule has 0 spiro atoms. The van der Waals surface area contributed by atoms with Gasteiger partial charge in [0.25, 0.3) is 0 Å². The van der Waals surface area contributed by atoms with Gasteiger partial charge in [-0.3, -0.25) is 9.59 Å². The Morgan fingerprint density at radius 3 is 1.74 bits per heavy atom. The van der Waals surface area contributed by atoms with Crippen molar-refractivity contribution in [3.8, 4) is 0 Å². The Hall–Kier alpha value is -2.18. The summed E-state index contributed by atoms with van der Waals surface area (Å²) < 4.78 is 10.5.